The lowest BCUT2D eigenvalue weighted by Gasteiger charge is -2.61. The minimum atomic E-state index is -0.675. The van der Waals surface area contributed by atoms with Gasteiger partial charge in [-0.2, -0.15) is 0 Å². The van der Waals surface area contributed by atoms with Crippen LogP contribution in [0, 0.1) is 5.92 Å². The van der Waals surface area contributed by atoms with Crippen molar-refractivity contribution in [2.45, 2.75) is 56.6 Å². The first-order valence-electron chi connectivity index (χ1n) is 7.72. The van der Waals surface area contributed by atoms with Crippen molar-refractivity contribution >= 4 is 5.91 Å². The molecule has 0 aromatic carbocycles. The predicted octanol–water partition coefficient (Wildman–Crippen LogP) is 1.37. The fourth-order valence-electron chi connectivity index (χ4n) is 4.97. The lowest BCUT2D eigenvalue weighted by Crippen LogP contribution is -2.73. The molecule has 3 N–H and O–H groups in total. The zero-order valence-electron chi connectivity index (χ0n) is 12.0. The average molecular weight is 274 g/mol. The van der Waals surface area contributed by atoms with E-state index >= 15 is 0 Å². The van der Waals surface area contributed by atoms with Gasteiger partial charge in [0.25, 0.3) is 0 Å². The van der Waals surface area contributed by atoms with Crippen LogP contribution in [0.1, 0.15) is 45.4 Å². The summed E-state index contributed by atoms with van der Waals surface area (Å²) in [7, 11) is 0. The number of nitrogens with one attached hydrogen (secondary N) is 2. The number of carbonyl (C=O) groups is 1. The molecule has 2 aliphatic carbocycles. The van der Waals surface area contributed by atoms with Crippen molar-refractivity contribution in [3.63, 3.8) is 0 Å². The van der Waals surface area contributed by atoms with Crippen LogP contribution in [0.25, 0.3) is 0 Å². The van der Waals surface area contributed by atoms with E-state index in [1.165, 1.54) is 11.1 Å². The Morgan fingerprint density at radius 2 is 2.25 bits per heavy atom. The Labute approximate surface area is 119 Å². The van der Waals surface area contributed by atoms with Crippen molar-refractivity contribution in [3.8, 4) is 0 Å². The monoisotopic (exact) mass is 274 g/mol. The summed E-state index contributed by atoms with van der Waals surface area (Å²) in [6.45, 7) is 3.12. The molecule has 3 atom stereocenters. The van der Waals surface area contributed by atoms with Gasteiger partial charge in [0.2, 0.25) is 5.91 Å². The Hall–Kier alpha value is -1.13. The first kappa shape index (κ1) is 12.6. The molecule has 2 aliphatic heterocycles. The second-order valence-corrected chi connectivity index (χ2v) is 6.87. The molecule has 4 rings (SSSR count). The molecule has 4 nitrogen and oxygen atoms in total. The van der Waals surface area contributed by atoms with Crippen molar-refractivity contribution in [2.75, 3.05) is 6.54 Å². The molecule has 0 radical (unpaired) electrons. The molecule has 20 heavy (non-hydrogen) atoms. The van der Waals surface area contributed by atoms with Gasteiger partial charge in [-0.15, -0.1) is 0 Å². The Morgan fingerprint density at radius 3 is 3.10 bits per heavy atom. The zero-order valence-corrected chi connectivity index (χ0v) is 12.0. The van der Waals surface area contributed by atoms with Gasteiger partial charge in [-0.3, -0.25) is 4.79 Å². The van der Waals surface area contributed by atoms with Gasteiger partial charge in [-0.25, -0.2) is 0 Å². The highest BCUT2D eigenvalue weighted by Crippen LogP contribution is 2.55. The number of rotatable bonds is 0. The molecule has 0 aromatic rings. The molecule has 1 saturated heterocycles. The number of carbonyl (C=O) groups excluding carboxylic acids is 1. The molecule has 4 heteroatoms. The van der Waals surface area contributed by atoms with Crippen LogP contribution in [0.15, 0.2) is 22.9 Å². The largest absolute Gasteiger partial charge is 0.387 e. The van der Waals surface area contributed by atoms with Crippen LogP contribution in [-0.2, 0) is 4.79 Å². The number of hydrogen-bond acceptors (Lipinski definition) is 3. The van der Waals surface area contributed by atoms with E-state index in [2.05, 4.69) is 23.6 Å². The molecule has 4 aliphatic rings. The van der Waals surface area contributed by atoms with Gasteiger partial charge in [0.15, 0.2) is 0 Å². The smallest absolute Gasteiger partial charge is 0.224 e. The average Bonchev–Trinajstić information content (AvgIpc) is 2.39. The molecule has 0 saturated carbocycles. The molecule has 2 heterocycles. The normalized spacial score (nSPS) is 43.4. The number of amides is 1. The highest BCUT2D eigenvalue weighted by atomic mass is 16.3. The molecule has 2 bridgehead atoms. The Bertz CT molecular complexity index is 551. The van der Waals surface area contributed by atoms with Gasteiger partial charge < -0.3 is 15.7 Å². The molecule has 1 unspecified atom stereocenters. The maximum atomic E-state index is 11.7. The molecular formula is C16H22N2O2. The summed E-state index contributed by atoms with van der Waals surface area (Å²) < 4.78 is 0. The third-order valence-corrected chi connectivity index (χ3v) is 5.74. The van der Waals surface area contributed by atoms with Crippen molar-refractivity contribution in [1.82, 2.24) is 10.6 Å². The lowest BCUT2D eigenvalue weighted by atomic mass is 9.53. The lowest BCUT2D eigenvalue weighted by molar-refractivity contribution is -0.125. The summed E-state index contributed by atoms with van der Waals surface area (Å²) in [5.41, 5.74) is 2.69. The van der Waals surface area contributed by atoms with Crippen LogP contribution >= 0.6 is 0 Å². The van der Waals surface area contributed by atoms with E-state index in [0.717, 1.165) is 44.3 Å². The first-order valence-corrected chi connectivity index (χ1v) is 7.72. The fourth-order valence-corrected chi connectivity index (χ4v) is 4.97. The molecule has 1 fully saturated rings. The summed E-state index contributed by atoms with van der Waals surface area (Å²) in [5.74, 6) is 0.251. The van der Waals surface area contributed by atoms with E-state index in [1.807, 2.05) is 0 Å². The van der Waals surface area contributed by atoms with E-state index < -0.39 is 5.60 Å². The van der Waals surface area contributed by atoms with Crippen molar-refractivity contribution in [1.29, 1.82) is 0 Å². The Kier molecular flexibility index (Phi) is 2.49. The summed E-state index contributed by atoms with van der Waals surface area (Å²) >= 11 is 0. The quantitative estimate of drug-likeness (QED) is 0.585. The maximum absolute atomic E-state index is 11.7. The minimum Gasteiger partial charge on any atom is -0.387 e. The zero-order chi connectivity index (χ0) is 14.0. The number of allylic oxidation sites excluding steroid dienone is 1. The third-order valence-electron chi connectivity index (χ3n) is 5.74. The van der Waals surface area contributed by atoms with Crippen LogP contribution in [0.3, 0.4) is 0 Å². The van der Waals surface area contributed by atoms with E-state index in [1.54, 1.807) is 0 Å². The van der Waals surface area contributed by atoms with Gasteiger partial charge in [-0.1, -0.05) is 11.6 Å². The topological polar surface area (TPSA) is 61.4 Å². The maximum Gasteiger partial charge on any atom is 0.224 e. The summed E-state index contributed by atoms with van der Waals surface area (Å²) in [4.78, 5) is 11.7. The molecular weight excluding hydrogens is 252 g/mol. The standard InChI is InChI=1S/C16H22N2O2/c1-10-7-11-8-13-12(3-4-14(19)18-13)15(9-10)16(11,20)5-2-6-17-15/h7,11,17,20H,2-6,8-9H2,1H3,(H,18,19)/t11?,15-,16-/m0/s1. The van der Waals surface area contributed by atoms with Crippen LogP contribution in [0.5, 0.6) is 0 Å². The predicted molar refractivity (Wildman–Crippen MR) is 75.8 cm³/mol. The number of hydrogen-bond donors (Lipinski definition) is 3. The Morgan fingerprint density at radius 1 is 1.40 bits per heavy atom. The van der Waals surface area contributed by atoms with Crippen LogP contribution in [0.2, 0.25) is 0 Å². The second kappa shape index (κ2) is 3.95. The molecule has 0 aromatic heterocycles. The summed E-state index contributed by atoms with van der Waals surface area (Å²) in [6, 6.07) is 0. The molecule has 0 spiro atoms. The highest BCUT2D eigenvalue weighted by molar-refractivity contribution is 5.80. The number of piperidine rings is 1. The SMILES string of the molecule is CC1=CC2CC3=C(CCC(=O)N3)[C@]3(C1)NCCC[C@]23O. The molecule has 108 valence electrons. The van der Waals surface area contributed by atoms with Gasteiger partial charge in [0, 0.05) is 18.0 Å². The van der Waals surface area contributed by atoms with Crippen LogP contribution in [-0.4, -0.2) is 28.7 Å². The van der Waals surface area contributed by atoms with Gasteiger partial charge in [-0.05, 0) is 51.1 Å². The fraction of sp³-hybridized carbons (Fsp3) is 0.688. The van der Waals surface area contributed by atoms with Crippen molar-refractivity contribution in [2.24, 2.45) is 5.92 Å². The Balaban J connectivity index is 1.90. The van der Waals surface area contributed by atoms with Crippen molar-refractivity contribution < 1.29 is 9.90 Å². The summed E-state index contributed by atoms with van der Waals surface area (Å²) in [5, 5.41) is 18.1. The molecule has 1 amide bonds. The van der Waals surface area contributed by atoms with Gasteiger partial charge in [0.1, 0.15) is 0 Å². The van der Waals surface area contributed by atoms with E-state index in [0.29, 0.717) is 6.42 Å². The van der Waals surface area contributed by atoms with E-state index in [4.69, 9.17) is 0 Å². The van der Waals surface area contributed by atoms with Crippen molar-refractivity contribution in [3.05, 3.63) is 22.9 Å². The number of aliphatic hydroxyl groups is 1. The third kappa shape index (κ3) is 1.41. The minimum absolute atomic E-state index is 0.125. The van der Waals surface area contributed by atoms with Gasteiger partial charge in [0.05, 0.1) is 11.1 Å². The van der Waals surface area contributed by atoms with Crippen LogP contribution < -0.4 is 10.6 Å². The van der Waals surface area contributed by atoms with Gasteiger partial charge >= 0.3 is 0 Å². The summed E-state index contributed by atoms with van der Waals surface area (Å²) in [6.07, 6.45) is 7.10. The highest BCUT2D eigenvalue weighted by Gasteiger charge is 2.62. The van der Waals surface area contributed by atoms with E-state index in [9.17, 15) is 9.90 Å². The second-order valence-electron chi connectivity index (χ2n) is 6.87. The van der Waals surface area contributed by atoms with Crippen LogP contribution in [0.4, 0.5) is 0 Å². The first-order chi connectivity index (χ1) is 9.55. The van der Waals surface area contributed by atoms with E-state index in [-0.39, 0.29) is 17.4 Å².